The third kappa shape index (κ3) is 4.04. The number of aromatic amines is 1. The number of hydrogen-bond donors (Lipinski definition) is 2. The molecule has 2 aromatic rings. The second kappa shape index (κ2) is 7.34. The first-order chi connectivity index (χ1) is 11.6. The summed E-state index contributed by atoms with van der Waals surface area (Å²) in [6.07, 6.45) is 4.56. The molecule has 0 spiro atoms. The Morgan fingerprint density at radius 2 is 2.00 bits per heavy atom. The summed E-state index contributed by atoms with van der Waals surface area (Å²) in [5.74, 6) is 0.740. The van der Waals surface area contributed by atoms with E-state index in [1.165, 1.54) is 0 Å². The summed E-state index contributed by atoms with van der Waals surface area (Å²) >= 11 is 0. The Labute approximate surface area is 140 Å². The molecular weight excluding hydrogens is 304 g/mol. The molecule has 0 radical (unpaired) electrons. The van der Waals surface area contributed by atoms with Crippen LogP contribution in [0.15, 0.2) is 47.4 Å². The van der Waals surface area contributed by atoms with Crippen LogP contribution in [0.2, 0.25) is 0 Å². The number of aromatic hydroxyl groups is 1. The molecule has 24 heavy (non-hydrogen) atoms. The predicted octanol–water partition coefficient (Wildman–Crippen LogP) is 2.42. The maximum Gasteiger partial charge on any atom is 0.248 e. The van der Waals surface area contributed by atoms with E-state index in [4.69, 9.17) is 0 Å². The van der Waals surface area contributed by atoms with Gasteiger partial charge in [0.1, 0.15) is 5.75 Å². The number of rotatable bonds is 4. The molecule has 126 valence electrons. The first-order valence-electron chi connectivity index (χ1n) is 8.36. The highest BCUT2D eigenvalue weighted by molar-refractivity contribution is 5.76. The summed E-state index contributed by atoms with van der Waals surface area (Å²) in [6.45, 7) is 1.46. The van der Waals surface area contributed by atoms with Crippen molar-refractivity contribution in [2.24, 2.45) is 0 Å². The molecule has 0 aliphatic carbocycles. The number of nitrogens with zero attached hydrogens (tertiary/aromatic N) is 1. The van der Waals surface area contributed by atoms with Gasteiger partial charge < -0.3 is 15.0 Å². The lowest BCUT2D eigenvalue weighted by atomic mass is 9.90. The number of hydrogen-bond acceptors (Lipinski definition) is 3. The Kier molecular flexibility index (Phi) is 4.99. The fraction of sp³-hybridized carbons (Fsp3) is 0.368. The van der Waals surface area contributed by atoms with Crippen LogP contribution in [0.4, 0.5) is 0 Å². The van der Waals surface area contributed by atoms with Crippen molar-refractivity contribution in [2.45, 2.75) is 31.6 Å². The number of phenols is 1. The lowest BCUT2D eigenvalue weighted by molar-refractivity contribution is -0.132. The van der Waals surface area contributed by atoms with Crippen molar-refractivity contribution < 1.29 is 9.90 Å². The number of carbonyl (C=O) groups is 1. The van der Waals surface area contributed by atoms with Crippen molar-refractivity contribution in [3.63, 3.8) is 0 Å². The second-order valence-electron chi connectivity index (χ2n) is 6.31. The highest BCUT2D eigenvalue weighted by Crippen LogP contribution is 2.27. The third-order valence-electron chi connectivity index (χ3n) is 4.66. The van der Waals surface area contributed by atoms with E-state index in [1.807, 2.05) is 17.0 Å². The average molecular weight is 326 g/mol. The number of amides is 1. The Bertz CT molecular complexity index is 761. The smallest absolute Gasteiger partial charge is 0.248 e. The number of pyridine rings is 1. The number of H-pyrrole nitrogens is 1. The molecule has 2 N–H and O–H groups in total. The van der Waals surface area contributed by atoms with Crippen LogP contribution >= 0.6 is 0 Å². The first kappa shape index (κ1) is 16.3. The second-order valence-corrected chi connectivity index (χ2v) is 6.31. The van der Waals surface area contributed by atoms with Gasteiger partial charge in [-0.25, -0.2) is 0 Å². The number of carbonyl (C=O) groups excluding carboxylic acids is 1. The van der Waals surface area contributed by atoms with Gasteiger partial charge in [-0.3, -0.25) is 9.59 Å². The zero-order valence-electron chi connectivity index (χ0n) is 13.6. The van der Waals surface area contributed by atoms with E-state index in [2.05, 4.69) is 4.98 Å². The maximum absolute atomic E-state index is 12.4. The molecule has 1 saturated heterocycles. The van der Waals surface area contributed by atoms with Crippen molar-refractivity contribution in [1.82, 2.24) is 9.88 Å². The molecule has 1 amide bonds. The van der Waals surface area contributed by atoms with Crippen LogP contribution in [0.3, 0.4) is 0 Å². The summed E-state index contributed by atoms with van der Waals surface area (Å²) in [7, 11) is 0. The number of nitrogens with one attached hydrogen (secondary N) is 1. The Hall–Kier alpha value is -2.56. The number of piperidine rings is 1. The van der Waals surface area contributed by atoms with Gasteiger partial charge in [0.05, 0.1) is 0 Å². The molecule has 1 fully saturated rings. The zero-order chi connectivity index (χ0) is 16.9. The van der Waals surface area contributed by atoms with E-state index in [1.54, 1.807) is 30.5 Å². The normalized spacial score (nSPS) is 15.4. The van der Waals surface area contributed by atoms with Crippen molar-refractivity contribution in [2.75, 3.05) is 13.1 Å². The van der Waals surface area contributed by atoms with Crippen molar-refractivity contribution in [3.8, 4) is 5.75 Å². The zero-order valence-corrected chi connectivity index (χ0v) is 13.6. The molecule has 3 rings (SSSR count). The average Bonchev–Trinajstić information content (AvgIpc) is 2.60. The largest absolute Gasteiger partial charge is 0.508 e. The maximum atomic E-state index is 12.4. The van der Waals surface area contributed by atoms with Gasteiger partial charge in [-0.2, -0.15) is 0 Å². The van der Waals surface area contributed by atoms with E-state index in [0.29, 0.717) is 18.8 Å². The standard InChI is InChI=1S/C19H22N2O3/c22-17-3-1-2-14(12-17)4-5-19(24)21-10-7-15(8-11-21)16-6-9-20-18(23)13-16/h1-3,6,9,12-13,15,22H,4-5,7-8,10-11H2,(H,20,23). The highest BCUT2D eigenvalue weighted by atomic mass is 16.3. The molecule has 1 aromatic carbocycles. The van der Waals surface area contributed by atoms with Crippen molar-refractivity contribution in [3.05, 3.63) is 64.1 Å². The van der Waals surface area contributed by atoms with Gasteiger partial charge >= 0.3 is 0 Å². The molecule has 0 unspecified atom stereocenters. The summed E-state index contributed by atoms with van der Waals surface area (Å²) in [4.78, 5) is 28.3. The van der Waals surface area contributed by atoms with Crippen LogP contribution in [-0.2, 0) is 11.2 Å². The summed E-state index contributed by atoms with van der Waals surface area (Å²) < 4.78 is 0. The summed E-state index contributed by atoms with van der Waals surface area (Å²) in [6, 6.07) is 10.7. The predicted molar refractivity (Wildman–Crippen MR) is 92.0 cm³/mol. The van der Waals surface area contributed by atoms with Crippen LogP contribution in [0.5, 0.6) is 5.75 Å². The third-order valence-corrected chi connectivity index (χ3v) is 4.66. The van der Waals surface area contributed by atoms with Gasteiger partial charge in [-0.15, -0.1) is 0 Å². The number of aryl methyl sites for hydroxylation is 1. The first-order valence-corrected chi connectivity index (χ1v) is 8.36. The van der Waals surface area contributed by atoms with Gasteiger partial charge in [0, 0.05) is 31.8 Å². The van der Waals surface area contributed by atoms with Crippen LogP contribution in [-0.4, -0.2) is 34.0 Å². The molecule has 5 heteroatoms. The van der Waals surface area contributed by atoms with E-state index in [-0.39, 0.29) is 17.2 Å². The molecule has 1 aliphatic heterocycles. The van der Waals surface area contributed by atoms with Crippen molar-refractivity contribution in [1.29, 1.82) is 0 Å². The number of phenolic OH excluding ortho intramolecular Hbond substituents is 1. The van der Waals surface area contributed by atoms with Gasteiger partial charge in [-0.05, 0) is 54.5 Å². The molecule has 0 bridgehead atoms. The van der Waals surface area contributed by atoms with E-state index < -0.39 is 0 Å². The quantitative estimate of drug-likeness (QED) is 0.906. The Morgan fingerprint density at radius 1 is 1.21 bits per heavy atom. The van der Waals surface area contributed by atoms with Crippen LogP contribution < -0.4 is 5.56 Å². The van der Waals surface area contributed by atoms with Gasteiger partial charge in [0.25, 0.3) is 0 Å². The lowest BCUT2D eigenvalue weighted by Gasteiger charge is -2.32. The van der Waals surface area contributed by atoms with Crippen LogP contribution in [0, 0.1) is 0 Å². The van der Waals surface area contributed by atoms with Gasteiger partial charge in [0.2, 0.25) is 11.5 Å². The Balaban J connectivity index is 1.51. The summed E-state index contributed by atoms with van der Waals surface area (Å²) in [5, 5.41) is 9.46. The molecular formula is C19H22N2O3. The SMILES string of the molecule is O=C(CCc1cccc(O)c1)N1CCC(c2cc[nH]c(=O)c2)CC1. The van der Waals surface area contributed by atoms with Crippen molar-refractivity contribution >= 4 is 5.91 Å². The monoisotopic (exact) mass is 326 g/mol. The molecule has 1 aliphatic rings. The van der Waals surface area contributed by atoms with Gasteiger partial charge in [-0.1, -0.05) is 12.1 Å². The van der Waals surface area contributed by atoms with Crippen LogP contribution in [0.25, 0.3) is 0 Å². The number of aromatic nitrogens is 1. The topological polar surface area (TPSA) is 73.4 Å². The molecule has 0 saturated carbocycles. The molecule has 0 atom stereocenters. The van der Waals surface area contributed by atoms with Crippen LogP contribution in [0.1, 0.15) is 36.3 Å². The summed E-state index contributed by atoms with van der Waals surface area (Å²) in [5.41, 5.74) is 1.96. The number of likely N-dealkylation sites (tertiary alicyclic amines) is 1. The molecule has 2 heterocycles. The fourth-order valence-corrected chi connectivity index (χ4v) is 3.30. The van der Waals surface area contributed by atoms with Gasteiger partial charge in [0.15, 0.2) is 0 Å². The lowest BCUT2D eigenvalue weighted by Crippen LogP contribution is -2.38. The molecule has 5 nitrogen and oxygen atoms in total. The highest BCUT2D eigenvalue weighted by Gasteiger charge is 2.23. The van der Waals surface area contributed by atoms with E-state index in [0.717, 1.165) is 37.1 Å². The fourth-order valence-electron chi connectivity index (χ4n) is 3.30. The Morgan fingerprint density at radius 3 is 2.71 bits per heavy atom. The minimum atomic E-state index is -0.0721. The minimum absolute atomic E-state index is 0.0721. The molecule has 1 aromatic heterocycles. The minimum Gasteiger partial charge on any atom is -0.508 e. The van der Waals surface area contributed by atoms with E-state index in [9.17, 15) is 14.7 Å². The van der Waals surface area contributed by atoms with E-state index >= 15 is 0 Å². The number of benzene rings is 1.